The first-order chi connectivity index (χ1) is 8.72. The molecular formula is C13H14N4O. The largest absolute Gasteiger partial charge is 0.398 e. The first-order valence-electron chi connectivity index (χ1n) is 5.43. The summed E-state index contributed by atoms with van der Waals surface area (Å²) < 4.78 is 0. The lowest BCUT2D eigenvalue weighted by Crippen LogP contribution is -2.34. The standard InChI is InChI=1S/C13H14N4O/c14-11-6-2-1-4-9(11)8-12-10(13(18)17-15)5-3-7-16-12/h1-8,16H,14-15H2,(H,17,18). The molecule has 1 aromatic rings. The highest BCUT2D eigenvalue weighted by Crippen LogP contribution is 2.19. The zero-order valence-corrected chi connectivity index (χ0v) is 9.68. The van der Waals surface area contributed by atoms with Gasteiger partial charge in [-0.1, -0.05) is 18.2 Å². The fourth-order valence-corrected chi connectivity index (χ4v) is 1.64. The molecule has 0 atom stereocenters. The van der Waals surface area contributed by atoms with Gasteiger partial charge >= 0.3 is 0 Å². The summed E-state index contributed by atoms with van der Waals surface area (Å²) in [6.45, 7) is 0. The highest BCUT2D eigenvalue weighted by Gasteiger charge is 2.14. The molecule has 0 unspecified atom stereocenters. The van der Waals surface area contributed by atoms with E-state index in [9.17, 15) is 4.79 Å². The second-order valence-electron chi connectivity index (χ2n) is 3.74. The van der Waals surface area contributed by atoms with Gasteiger partial charge in [-0.2, -0.15) is 0 Å². The normalized spacial score (nSPS) is 16.1. The van der Waals surface area contributed by atoms with Crippen molar-refractivity contribution in [2.75, 3.05) is 5.73 Å². The average Bonchev–Trinajstić information content (AvgIpc) is 2.41. The predicted molar refractivity (Wildman–Crippen MR) is 71.5 cm³/mol. The highest BCUT2D eigenvalue weighted by atomic mass is 16.2. The number of nitrogens with two attached hydrogens (primary N) is 2. The third-order valence-electron chi connectivity index (χ3n) is 2.56. The molecule has 0 fully saturated rings. The molecule has 92 valence electrons. The van der Waals surface area contributed by atoms with Crippen molar-refractivity contribution in [1.82, 2.24) is 10.7 Å². The van der Waals surface area contributed by atoms with Crippen LogP contribution in [0.25, 0.3) is 6.08 Å². The Kier molecular flexibility index (Phi) is 3.45. The van der Waals surface area contributed by atoms with Crippen molar-refractivity contribution < 1.29 is 4.79 Å². The van der Waals surface area contributed by atoms with E-state index in [1.165, 1.54) is 0 Å². The van der Waals surface area contributed by atoms with Crippen LogP contribution in [-0.4, -0.2) is 5.91 Å². The summed E-state index contributed by atoms with van der Waals surface area (Å²) in [5, 5.41) is 3.00. The monoisotopic (exact) mass is 242 g/mol. The van der Waals surface area contributed by atoms with Crippen LogP contribution in [0, 0.1) is 0 Å². The lowest BCUT2D eigenvalue weighted by Gasteiger charge is -2.14. The molecule has 0 saturated carbocycles. The number of amides is 1. The number of benzene rings is 1. The molecule has 2 rings (SSSR count). The maximum absolute atomic E-state index is 11.6. The van der Waals surface area contributed by atoms with E-state index in [-0.39, 0.29) is 5.91 Å². The van der Waals surface area contributed by atoms with Gasteiger partial charge in [-0.3, -0.25) is 10.2 Å². The molecule has 0 saturated heterocycles. The third-order valence-corrected chi connectivity index (χ3v) is 2.56. The Morgan fingerprint density at radius 3 is 2.83 bits per heavy atom. The van der Waals surface area contributed by atoms with Crippen molar-refractivity contribution in [3.05, 3.63) is 59.5 Å². The quantitative estimate of drug-likeness (QED) is 0.265. The molecule has 6 N–H and O–H groups in total. The first-order valence-corrected chi connectivity index (χ1v) is 5.43. The first kappa shape index (κ1) is 11.9. The summed E-state index contributed by atoms with van der Waals surface area (Å²) in [6, 6.07) is 7.42. The van der Waals surface area contributed by atoms with E-state index >= 15 is 0 Å². The van der Waals surface area contributed by atoms with E-state index in [0.29, 0.717) is 17.0 Å². The molecule has 18 heavy (non-hydrogen) atoms. The number of hydrogen-bond donors (Lipinski definition) is 4. The van der Waals surface area contributed by atoms with Crippen LogP contribution in [0.3, 0.4) is 0 Å². The zero-order valence-electron chi connectivity index (χ0n) is 9.68. The van der Waals surface area contributed by atoms with Crippen molar-refractivity contribution in [2.24, 2.45) is 5.84 Å². The van der Waals surface area contributed by atoms with Crippen LogP contribution in [0.4, 0.5) is 5.69 Å². The Morgan fingerprint density at radius 1 is 1.33 bits per heavy atom. The van der Waals surface area contributed by atoms with E-state index in [1.807, 2.05) is 18.2 Å². The van der Waals surface area contributed by atoms with Gasteiger partial charge in [-0.25, -0.2) is 5.84 Å². The Hall–Kier alpha value is -2.53. The highest BCUT2D eigenvalue weighted by molar-refractivity contribution is 5.99. The summed E-state index contributed by atoms with van der Waals surface area (Å²) in [6.07, 6.45) is 6.96. The number of carbonyl (C=O) groups excluding carboxylic acids is 1. The second kappa shape index (κ2) is 5.20. The Labute approximate surface area is 105 Å². The van der Waals surface area contributed by atoms with Gasteiger partial charge in [-0.15, -0.1) is 0 Å². The van der Waals surface area contributed by atoms with Crippen LogP contribution in [0.2, 0.25) is 0 Å². The average molecular weight is 242 g/mol. The van der Waals surface area contributed by atoms with Crippen LogP contribution in [-0.2, 0) is 4.79 Å². The van der Waals surface area contributed by atoms with Crippen molar-refractivity contribution in [1.29, 1.82) is 0 Å². The molecule has 1 heterocycles. The van der Waals surface area contributed by atoms with Crippen LogP contribution < -0.4 is 22.3 Å². The fraction of sp³-hybridized carbons (Fsp3) is 0. The predicted octanol–water partition coefficient (Wildman–Crippen LogP) is 0.643. The molecule has 5 nitrogen and oxygen atoms in total. The minimum absolute atomic E-state index is 0.354. The summed E-state index contributed by atoms with van der Waals surface area (Å²) >= 11 is 0. The summed E-state index contributed by atoms with van der Waals surface area (Å²) in [5.41, 5.74) is 10.6. The summed E-state index contributed by atoms with van der Waals surface area (Å²) in [4.78, 5) is 11.6. The number of carbonyl (C=O) groups is 1. The van der Waals surface area contributed by atoms with E-state index in [4.69, 9.17) is 11.6 Å². The fourth-order valence-electron chi connectivity index (χ4n) is 1.64. The van der Waals surface area contributed by atoms with Gasteiger partial charge in [0.1, 0.15) is 0 Å². The van der Waals surface area contributed by atoms with Gasteiger partial charge in [-0.05, 0) is 29.9 Å². The molecule has 1 aliphatic heterocycles. The molecule has 1 amide bonds. The number of rotatable bonds is 2. The van der Waals surface area contributed by atoms with Crippen LogP contribution in [0.1, 0.15) is 5.56 Å². The van der Waals surface area contributed by atoms with Gasteiger partial charge in [0.2, 0.25) is 0 Å². The number of allylic oxidation sites excluding steroid dienone is 2. The topological polar surface area (TPSA) is 93.2 Å². The molecule has 1 aromatic carbocycles. The second-order valence-corrected chi connectivity index (χ2v) is 3.74. The van der Waals surface area contributed by atoms with E-state index in [2.05, 4.69) is 10.7 Å². The maximum atomic E-state index is 11.6. The molecule has 1 aliphatic rings. The van der Waals surface area contributed by atoms with E-state index in [1.54, 1.807) is 30.5 Å². The van der Waals surface area contributed by atoms with Gasteiger partial charge < -0.3 is 11.1 Å². The molecule has 0 aromatic heterocycles. The minimum Gasteiger partial charge on any atom is -0.398 e. The van der Waals surface area contributed by atoms with E-state index in [0.717, 1.165) is 5.56 Å². The molecule has 0 spiro atoms. The van der Waals surface area contributed by atoms with Crippen LogP contribution in [0.15, 0.2) is 53.9 Å². The van der Waals surface area contributed by atoms with Gasteiger partial charge in [0, 0.05) is 11.9 Å². The van der Waals surface area contributed by atoms with Gasteiger partial charge in [0.25, 0.3) is 5.91 Å². The number of nitrogen functional groups attached to an aromatic ring is 1. The number of hydrogen-bond acceptors (Lipinski definition) is 4. The Bertz CT molecular complexity index is 558. The van der Waals surface area contributed by atoms with Crippen molar-refractivity contribution in [2.45, 2.75) is 0 Å². The molecule has 0 radical (unpaired) electrons. The number of para-hydroxylation sites is 1. The van der Waals surface area contributed by atoms with Gasteiger partial charge in [0.05, 0.1) is 11.3 Å². The molecular weight excluding hydrogens is 228 g/mol. The zero-order chi connectivity index (χ0) is 13.0. The van der Waals surface area contributed by atoms with Crippen molar-refractivity contribution in [3.63, 3.8) is 0 Å². The van der Waals surface area contributed by atoms with E-state index < -0.39 is 0 Å². The Morgan fingerprint density at radius 2 is 2.11 bits per heavy atom. The number of dihydropyridines is 1. The third kappa shape index (κ3) is 2.41. The van der Waals surface area contributed by atoms with Crippen molar-refractivity contribution in [3.8, 4) is 0 Å². The molecule has 0 aliphatic carbocycles. The summed E-state index contributed by atoms with van der Waals surface area (Å²) in [5.74, 6) is 4.79. The number of anilines is 1. The minimum atomic E-state index is -0.354. The Balaban J connectivity index is 2.38. The number of hydrazine groups is 1. The lowest BCUT2D eigenvalue weighted by molar-refractivity contribution is -0.117. The smallest absolute Gasteiger partial charge is 0.267 e. The van der Waals surface area contributed by atoms with Crippen LogP contribution in [0.5, 0.6) is 0 Å². The lowest BCUT2D eigenvalue weighted by atomic mass is 10.1. The number of nitrogens with one attached hydrogen (secondary N) is 2. The SMILES string of the molecule is NNC(=O)C1=CC=CNC1=Cc1ccccc1N. The maximum Gasteiger partial charge on any atom is 0.267 e. The summed E-state index contributed by atoms with van der Waals surface area (Å²) in [7, 11) is 0. The molecule has 0 bridgehead atoms. The van der Waals surface area contributed by atoms with Crippen LogP contribution >= 0.6 is 0 Å². The van der Waals surface area contributed by atoms with Gasteiger partial charge in [0.15, 0.2) is 0 Å². The molecule has 5 heteroatoms. The van der Waals surface area contributed by atoms with Crippen molar-refractivity contribution >= 4 is 17.7 Å².